The number of nitrogens with zero attached hydrogens (tertiary/aromatic N) is 3. The van der Waals surface area contributed by atoms with Gasteiger partial charge in [0.2, 0.25) is 5.91 Å². The van der Waals surface area contributed by atoms with Gasteiger partial charge in [0.1, 0.15) is 6.54 Å². The van der Waals surface area contributed by atoms with Crippen molar-refractivity contribution < 1.29 is 14.3 Å². The molecule has 1 amide bonds. The van der Waals surface area contributed by atoms with Crippen LogP contribution in [0.5, 0.6) is 0 Å². The molecule has 8 heteroatoms. The molecule has 1 rings (SSSR count). The fourth-order valence-electron chi connectivity index (χ4n) is 1.34. The van der Waals surface area contributed by atoms with E-state index in [0.717, 1.165) is 0 Å². The van der Waals surface area contributed by atoms with Gasteiger partial charge in [0.05, 0.1) is 24.8 Å². The first kappa shape index (κ1) is 14.5. The maximum absolute atomic E-state index is 11.5. The van der Waals surface area contributed by atoms with E-state index < -0.39 is 5.97 Å². The van der Waals surface area contributed by atoms with E-state index in [0.29, 0.717) is 0 Å². The highest BCUT2D eigenvalue weighted by atomic mass is 16.5. The summed E-state index contributed by atoms with van der Waals surface area (Å²) in [5.41, 5.74) is 5.76. The van der Waals surface area contributed by atoms with Crippen LogP contribution < -0.4 is 11.1 Å². The fourth-order valence-corrected chi connectivity index (χ4v) is 1.34. The van der Waals surface area contributed by atoms with Crippen LogP contribution in [0.4, 0.5) is 5.69 Å². The van der Waals surface area contributed by atoms with Crippen molar-refractivity contribution in [2.24, 2.45) is 0 Å². The highest BCUT2D eigenvalue weighted by molar-refractivity contribution is 5.92. The van der Waals surface area contributed by atoms with Gasteiger partial charge in [0.15, 0.2) is 5.69 Å². The zero-order valence-electron chi connectivity index (χ0n) is 10.5. The van der Waals surface area contributed by atoms with Crippen molar-refractivity contribution in [3.05, 3.63) is 11.9 Å². The molecule has 1 heterocycles. The summed E-state index contributed by atoms with van der Waals surface area (Å²) in [4.78, 5) is 22.9. The van der Waals surface area contributed by atoms with Crippen molar-refractivity contribution in [1.29, 1.82) is 5.26 Å². The lowest BCUT2D eigenvalue weighted by Gasteiger charge is -2.02. The number of hydrogen-bond donors (Lipinski definition) is 2. The lowest BCUT2D eigenvalue weighted by atomic mass is 10.4. The number of nitrogen functional groups attached to an aromatic ring is 1. The summed E-state index contributed by atoms with van der Waals surface area (Å²) < 4.78 is 6.03. The van der Waals surface area contributed by atoms with Gasteiger partial charge in [-0.15, -0.1) is 0 Å². The number of nitrogens with two attached hydrogens (primary N) is 1. The first-order valence-corrected chi connectivity index (χ1v) is 5.72. The molecule has 1 aromatic rings. The molecule has 1 aromatic heterocycles. The van der Waals surface area contributed by atoms with Gasteiger partial charge in [-0.05, 0) is 6.92 Å². The average Bonchev–Trinajstić information content (AvgIpc) is 2.71. The van der Waals surface area contributed by atoms with Crippen LogP contribution in [-0.2, 0) is 16.1 Å². The Morgan fingerprint density at radius 3 is 3.00 bits per heavy atom. The Kier molecular flexibility index (Phi) is 5.35. The van der Waals surface area contributed by atoms with E-state index in [-0.39, 0.29) is 43.4 Å². The minimum Gasteiger partial charge on any atom is -0.461 e. The van der Waals surface area contributed by atoms with Crippen LogP contribution in [0.25, 0.3) is 0 Å². The van der Waals surface area contributed by atoms with Crippen LogP contribution in [0.1, 0.15) is 23.8 Å². The number of ether oxygens (including phenoxy) is 1. The monoisotopic (exact) mass is 265 g/mol. The molecule has 0 aliphatic heterocycles. The summed E-state index contributed by atoms with van der Waals surface area (Å²) in [5, 5.41) is 14.8. The fraction of sp³-hybridized carbons (Fsp3) is 0.455. The van der Waals surface area contributed by atoms with Gasteiger partial charge in [0, 0.05) is 12.7 Å². The number of nitrogens with one attached hydrogen (secondary N) is 1. The molecule has 0 radical (unpaired) electrons. The molecule has 8 nitrogen and oxygen atoms in total. The van der Waals surface area contributed by atoms with Crippen molar-refractivity contribution in [1.82, 2.24) is 15.1 Å². The number of aromatic nitrogens is 2. The van der Waals surface area contributed by atoms with Crippen LogP contribution in [0.3, 0.4) is 0 Å². The molecular weight excluding hydrogens is 250 g/mol. The van der Waals surface area contributed by atoms with Gasteiger partial charge in [0.25, 0.3) is 0 Å². The smallest absolute Gasteiger partial charge is 0.361 e. The van der Waals surface area contributed by atoms with Gasteiger partial charge >= 0.3 is 5.97 Å². The van der Waals surface area contributed by atoms with Crippen LogP contribution in [0, 0.1) is 11.3 Å². The first-order chi connectivity index (χ1) is 9.08. The largest absolute Gasteiger partial charge is 0.461 e. The number of esters is 1. The van der Waals surface area contributed by atoms with Crippen LogP contribution in [0.15, 0.2) is 6.20 Å². The van der Waals surface area contributed by atoms with Crippen LogP contribution in [-0.4, -0.2) is 34.8 Å². The van der Waals surface area contributed by atoms with E-state index in [1.165, 1.54) is 10.9 Å². The molecule has 0 saturated heterocycles. The molecule has 0 aromatic carbocycles. The molecular formula is C11H15N5O3. The number of anilines is 1. The summed E-state index contributed by atoms with van der Waals surface area (Å²) >= 11 is 0. The standard InChI is InChI=1S/C11H15N5O3/c1-2-19-11(18)10-8(13)6-16(15-10)7-9(17)14-5-3-4-12/h6H,2-3,5,7,13H2,1H3,(H,14,17). The maximum Gasteiger partial charge on any atom is 0.361 e. The van der Waals surface area contributed by atoms with Crippen molar-refractivity contribution in [3.8, 4) is 6.07 Å². The van der Waals surface area contributed by atoms with E-state index >= 15 is 0 Å². The normalized spacial score (nSPS) is 9.68. The lowest BCUT2D eigenvalue weighted by molar-refractivity contribution is -0.121. The number of carbonyl (C=O) groups is 2. The van der Waals surface area contributed by atoms with Crippen molar-refractivity contribution in [2.75, 3.05) is 18.9 Å². The lowest BCUT2D eigenvalue weighted by Crippen LogP contribution is -2.28. The zero-order chi connectivity index (χ0) is 14.3. The van der Waals surface area contributed by atoms with Gasteiger partial charge < -0.3 is 15.8 Å². The minimum atomic E-state index is -0.622. The summed E-state index contributed by atoms with van der Waals surface area (Å²) in [6.07, 6.45) is 1.62. The molecule has 102 valence electrons. The average molecular weight is 265 g/mol. The Morgan fingerprint density at radius 1 is 1.63 bits per heavy atom. The predicted molar refractivity (Wildman–Crippen MR) is 65.8 cm³/mol. The third kappa shape index (κ3) is 4.31. The quantitative estimate of drug-likeness (QED) is 0.536. The van der Waals surface area contributed by atoms with Crippen LogP contribution >= 0.6 is 0 Å². The molecule has 0 saturated carbocycles. The van der Waals surface area contributed by atoms with Crippen molar-refractivity contribution in [3.63, 3.8) is 0 Å². The second-order valence-corrected chi connectivity index (χ2v) is 3.61. The Bertz CT molecular complexity index is 503. The molecule has 0 aliphatic rings. The van der Waals surface area contributed by atoms with Gasteiger partial charge in [-0.1, -0.05) is 0 Å². The van der Waals surface area contributed by atoms with Gasteiger partial charge in [-0.2, -0.15) is 10.4 Å². The van der Waals surface area contributed by atoms with E-state index in [2.05, 4.69) is 10.4 Å². The number of hydrogen-bond acceptors (Lipinski definition) is 6. The van der Waals surface area contributed by atoms with E-state index in [9.17, 15) is 9.59 Å². The molecule has 0 atom stereocenters. The van der Waals surface area contributed by atoms with Crippen LogP contribution in [0.2, 0.25) is 0 Å². The third-order valence-electron chi connectivity index (χ3n) is 2.12. The summed E-state index contributed by atoms with van der Waals surface area (Å²) in [6.45, 7) is 2.10. The van der Waals surface area contributed by atoms with Gasteiger partial charge in [-0.3, -0.25) is 9.48 Å². The summed E-state index contributed by atoms with van der Waals surface area (Å²) in [7, 11) is 0. The molecule has 0 fully saturated rings. The highest BCUT2D eigenvalue weighted by Gasteiger charge is 2.16. The molecule has 0 unspecified atom stereocenters. The molecule has 0 bridgehead atoms. The van der Waals surface area contributed by atoms with Crippen molar-refractivity contribution >= 4 is 17.6 Å². The second kappa shape index (κ2) is 7.00. The highest BCUT2D eigenvalue weighted by Crippen LogP contribution is 2.10. The third-order valence-corrected chi connectivity index (χ3v) is 2.12. The van der Waals surface area contributed by atoms with E-state index in [4.69, 9.17) is 15.7 Å². The van der Waals surface area contributed by atoms with E-state index in [1.807, 2.05) is 6.07 Å². The van der Waals surface area contributed by atoms with E-state index in [1.54, 1.807) is 6.92 Å². The summed E-state index contributed by atoms with van der Waals surface area (Å²) in [6, 6.07) is 1.91. The zero-order valence-corrected chi connectivity index (χ0v) is 10.5. The topological polar surface area (TPSA) is 123 Å². The minimum absolute atomic E-state index is 0.00771. The Morgan fingerprint density at radius 2 is 2.37 bits per heavy atom. The molecule has 3 N–H and O–H groups in total. The Labute approximate surface area is 110 Å². The molecule has 0 spiro atoms. The SMILES string of the molecule is CCOC(=O)c1nn(CC(=O)NCCC#N)cc1N. The molecule has 0 aliphatic carbocycles. The Balaban J connectivity index is 2.61. The number of carbonyl (C=O) groups excluding carboxylic acids is 2. The predicted octanol–water partition coefficient (Wildman–Crippen LogP) is -0.328. The number of amides is 1. The number of nitriles is 1. The Hall–Kier alpha value is -2.56. The van der Waals surface area contributed by atoms with Crippen molar-refractivity contribution in [2.45, 2.75) is 19.9 Å². The number of rotatable bonds is 6. The van der Waals surface area contributed by atoms with Gasteiger partial charge in [-0.25, -0.2) is 4.79 Å². The molecule has 19 heavy (non-hydrogen) atoms. The second-order valence-electron chi connectivity index (χ2n) is 3.61. The summed E-state index contributed by atoms with van der Waals surface area (Å²) in [5.74, 6) is -0.934. The first-order valence-electron chi connectivity index (χ1n) is 5.72. The maximum atomic E-state index is 11.5.